The first-order valence-corrected chi connectivity index (χ1v) is 10.8. The number of rotatable bonds is 9. The van der Waals surface area contributed by atoms with Crippen LogP contribution in [0.15, 0.2) is 53.7 Å². The number of para-hydroxylation sites is 1. The van der Waals surface area contributed by atoms with E-state index in [0.717, 1.165) is 0 Å². The lowest BCUT2D eigenvalue weighted by Gasteiger charge is -2.19. The maximum atomic E-state index is 13.7. The lowest BCUT2D eigenvalue weighted by Crippen LogP contribution is -2.17. The van der Waals surface area contributed by atoms with E-state index in [1.165, 1.54) is 23.9 Å². The molecule has 7 nitrogen and oxygen atoms in total. The van der Waals surface area contributed by atoms with Crippen molar-refractivity contribution in [2.45, 2.75) is 38.1 Å². The second-order valence-electron chi connectivity index (χ2n) is 7.06. The van der Waals surface area contributed by atoms with Crippen molar-refractivity contribution in [1.82, 2.24) is 14.8 Å². The molecule has 0 saturated carbocycles. The molecule has 0 fully saturated rings. The third-order valence-electron chi connectivity index (χ3n) is 4.41. The predicted octanol–water partition coefficient (Wildman–Crippen LogP) is 4.88. The summed E-state index contributed by atoms with van der Waals surface area (Å²) in [6.45, 7) is 5.91. The maximum absolute atomic E-state index is 13.7. The fraction of sp³-hybridized carbons (Fsp3) is 0.318. The number of hydrogen-bond acceptors (Lipinski definition) is 6. The van der Waals surface area contributed by atoms with E-state index in [2.05, 4.69) is 15.5 Å². The van der Waals surface area contributed by atoms with Crippen LogP contribution in [-0.2, 0) is 4.79 Å². The second-order valence-corrected chi connectivity index (χ2v) is 8.00. The smallest absolute Gasteiger partial charge is 0.234 e. The van der Waals surface area contributed by atoms with Crippen molar-refractivity contribution < 1.29 is 18.7 Å². The molecule has 1 amide bonds. The number of carbonyl (C=O) groups excluding carboxylic acids is 1. The highest BCUT2D eigenvalue weighted by atomic mass is 32.2. The fourth-order valence-corrected chi connectivity index (χ4v) is 3.83. The lowest BCUT2D eigenvalue weighted by atomic mass is 10.3. The fourth-order valence-electron chi connectivity index (χ4n) is 2.96. The molecule has 0 radical (unpaired) electrons. The van der Waals surface area contributed by atoms with Crippen molar-refractivity contribution in [2.75, 3.05) is 18.2 Å². The van der Waals surface area contributed by atoms with E-state index in [4.69, 9.17) is 9.47 Å². The number of thioether (sulfide) groups is 1. The Morgan fingerprint density at radius 3 is 2.58 bits per heavy atom. The molecule has 1 unspecified atom stereocenters. The van der Waals surface area contributed by atoms with E-state index in [1.54, 1.807) is 25.3 Å². The molecule has 1 atom stereocenters. The molecule has 2 aromatic carbocycles. The number of benzene rings is 2. The molecule has 3 aromatic rings. The highest BCUT2D eigenvalue weighted by molar-refractivity contribution is 7.99. The summed E-state index contributed by atoms with van der Waals surface area (Å²) >= 11 is 1.24. The summed E-state index contributed by atoms with van der Waals surface area (Å²) < 4.78 is 26.9. The topological polar surface area (TPSA) is 78.3 Å². The van der Waals surface area contributed by atoms with Gasteiger partial charge in [-0.25, -0.2) is 4.39 Å². The number of methoxy groups -OCH3 is 1. The van der Waals surface area contributed by atoms with Crippen LogP contribution >= 0.6 is 11.8 Å². The number of nitrogens with one attached hydrogen (secondary N) is 1. The Bertz CT molecular complexity index is 1040. The molecular formula is C22H25FN4O3S. The SMILES string of the molecule is COc1cccc(OC(C)c2nnc(SCC(=O)Nc3ccccc3F)n2C(C)C)c1. The predicted molar refractivity (Wildman–Crippen MR) is 118 cm³/mol. The number of nitrogens with zero attached hydrogens (tertiary/aromatic N) is 3. The molecule has 0 saturated heterocycles. The molecule has 0 aliphatic rings. The van der Waals surface area contributed by atoms with Crippen LogP contribution in [-0.4, -0.2) is 33.5 Å². The zero-order chi connectivity index (χ0) is 22.4. The van der Waals surface area contributed by atoms with Crippen LogP contribution in [0.1, 0.15) is 38.7 Å². The van der Waals surface area contributed by atoms with Crippen molar-refractivity contribution in [3.8, 4) is 11.5 Å². The molecule has 0 aliphatic heterocycles. The van der Waals surface area contributed by atoms with Gasteiger partial charge < -0.3 is 19.4 Å². The molecule has 31 heavy (non-hydrogen) atoms. The van der Waals surface area contributed by atoms with Crippen LogP contribution < -0.4 is 14.8 Å². The average molecular weight is 445 g/mol. The normalized spacial score (nSPS) is 11.9. The van der Waals surface area contributed by atoms with Gasteiger partial charge in [0.05, 0.1) is 18.6 Å². The van der Waals surface area contributed by atoms with Crippen LogP contribution in [0.5, 0.6) is 11.5 Å². The number of halogens is 1. The van der Waals surface area contributed by atoms with Gasteiger partial charge in [0.1, 0.15) is 17.3 Å². The monoisotopic (exact) mass is 444 g/mol. The largest absolute Gasteiger partial charge is 0.497 e. The summed E-state index contributed by atoms with van der Waals surface area (Å²) in [7, 11) is 1.60. The molecule has 0 bridgehead atoms. The van der Waals surface area contributed by atoms with Crippen molar-refractivity contribution in [1.29, 1.82) is 0 Å². The molecule has 1 N–H and O–H groups in total. The van der Waals surface area contributed by atoms with Crippen LogP contribution in [0.2, 0.25) is 0 Å². The molecule has 3 rings (SSSR count). The first-order chi connectivity index (χ1) is 14.9. The Morgan fingerprint density at radius 2 is 1.87 bits per heavy atom. The van der Waals surface area contributed by atoms with Gasteiger partial charge in [0.2, 0.25) is 5.91 Å². The summed E-state index contributed by atoms with van der Waals surface area (Å²) in [6, 6.07) is 13.4. The molecule has 1 aromatic heterocycles. The first kappa shape index (κ1) is 22.6. The van der Waals surface area contributed by atoms with Crippen LogP contribution in [0.3, 0.4) is 0 Å². The minimum atomic E-state index is -0.475. The average Bonchev–Trinajstić information content (AvgIpc) is 3.18. The zero-order valence-corrected chi connectivity index (χ0v) is 18.6. The van der Waals surface area contributed by atoms with Gasteiger partial charge >= 0.3 is 0 Å². The minimum Gasteiger partial charge on any atom is -0.497 e. The van der Waals surface area contributed by atoms with Gasteiger partial charge in [-0.15, -0.1) is 10.2 Å². The Morgan fingerprint density at radius 1 is 1.13 bits per heavy atom. The van der Waals surface area contributed by atoms with E-state index in [9.17, 15) is 9.18 Å². The van der Waals surface area contributed by atoms with Crippen molar-refractivity contribution >= 4 is 23.4 Å². The van der Waals surface area contributed by atoms with E-state index < -0.39 is 5.82 Å². The highest BCUT2D eigenvalue weighted by Crippen LogP contribution is 2.29. The number of carbonyl (C=O) groups is 1. The van der Waals surface area contributed by atoms with E-state index >= 15 is 0 Å². The van der Waals surface area contributed by atoms with Crippen molar-refractivity contribution in [3.05, 3.63) is 60.2 Å². The Labute approximate surface area is 185 Å². The number of amides is 1. The minimum absolute atomic E-state index is 0.0542. The van der Waals surface area contributed by atoms with Crippen molar-refractivity contribution in [2.24, 2.45) is 0 Å². The van der Waals surface area contributed by atoms with Gasteiger partial charge in [-0.1, -0.05) is 30.0 Å². The molecule has 9 heteroatoms. The van der Waals surface area contributed by atoms with E-state index in [-0.39, 0.29) is 29.5 Å². The third-order valence-corrected chi connectivity index (χ3v) is 5.35. The molecule has 164 valence electrons. The quantitative estimate of drug-likeness (QED) is 0.474. The Balaban J connectivity index is 1.69. The molecule has 0 aliphatic carbocycles. The number of aromatic nitrogens is 3. The maximum Gasteiger partial charge on any atom is 0.234 e. The summed E-state index contributed by atoms with van der Waals surface area (Å²) in [6.07, 6.45) is -0.372. The standard InChI is InChI=1S/C22H25FN4O3S/c1-14(2)27-21(15(3)30-17-9-7-8-16(12-17)29-4)25-26-22(27)31-13-20(28)24-19-11-6-5-10-18(19)23/h5-12,14-15H,13H2,1-4H3,(H,24,28). The molecule has 1 heterocycles. The van der Waals surface area contributed by atoms with Crippen LogP contribution in [0.4, 0.5) is 10.1 Å². The Hall–Kier alpha value is -3.07. The van der Waals surface area contributed by atoms with Crippen LogP contribution in [0, 0.1) is 5.82 Å². The second kappa shape index (κ2) is 10.3. The first-order valence-electron chi connectivity index (χ1n) is 9.81. The number of ether oxygens (including phenoxy) is 2. The molecular weight excluding hydrogens is 419 g/mol. The van der Waals surface area contributed by atoms with Crippen LogP contribution in [0.25, 0.3) is 0 Å². The third kappa shape index (κ3) is 5.75. The summed E-state index contributed by atoms with van der Waals surface area (Å²) in [4.78, 5) is 12.3. The van der Waals surface area contributed by atoms with Gasteiger partial charge in [-0.3, -0.25) is 4.79 Å². The van der Waals surface area contributed by atoms with E-state index in [0.29, 0.717) is 22.5 Å². The van der Waals surface area contributed by atoms with E-state index in [1.807, 2.05) is 43.5 Å². The summed E-state index contributed by atoms with van der Waals surface area (Å²) in [5.74, 6) is 1.28. The molecule has 0 spiro atoms. The van der Waals surface area contributed by atoms with Gasteiger partial charge in [0.25, 0.3) is 0 Å². The zero-order valence-electron chi connectivity index (χ0n) is 17.8. The van der Waals surface area contributed by atoms with Gasteiger partial charge in [-0.2, -0.15) is 0 Å². The van der Waals surface area contributed by atoms with Gasteiger partial charge in [-0.05, 0) is 45.0 Å². The number of hydrogen-bond donors (Lipinski definition) is 1. The lowest BCUT2D eigenvalue weighted by molar-refractivity contribution is -0.113. The van der Waals surface area contributed by atoms with Gasteiger partial charge in [0, 0.05) is 12.1 Å². The van der Waals surface area contributed by atoms with Crippen molar-refractivity contribution in [3.63, 3.8) is 0 Å². The van der Waals surface area contributed by atoms with Gasteiger partial charge in [0.15, 0.2) is 17.1 Å². The Kier molecular flexibility index (Phi) is 7.51. The summed E-state index contributed by atoms with van der Waals surface area (Å²) in [5, 5.41) is 11.7. The highest BCUT2D eigenvalue weighted by Gasteiger charge is 2.22. The number of anilines is 1. The summed E-state index contributed by atoms with van der Waals surface area (Å²) in [5.41, 5.74) is 0.152.